The van der Waals surface area contributed by atoms with E-state index in [0.29, 0.717) is 0 Å². The fourth-order valence-corrected chi connectivity index (χ4v) is 2.75. The number of alkyl halides is 3. The van der Waals surface area contributed by atoms with Gasteiger partial charge in [-0.3, -0.25) is 9.59 Å². The Morgan fingerprint density at radius 2 is 1.78 bits per heavy atom. The highest BCUT2D eigenvalue weighted by molar-refractivity contribution is 6.31. The number of anilines is 1. The summed E-state index contributed by atoms with van der Waals surface area (Å²) in [6.07, 6.45) is -4.06. The van der Waals surface area contributed by atoms with Crippen molar-refractivity contribution >= 4 is 29.0 Å². The van der Waals surface area contributed by atoms with E-state index in [0.717, 1.165) is 24.4 Å². The van der Waals surface area contributed by atoms with Crippen molar-refractivity contribution < 1.29 is 36.6 Å². The van der Waals surface area contributed by atoms with Crippen LogP contribution in [0.3, 0.4) is 0 Å². The van der Waals surface area contributed by atoms with E-state index in [1.165, 1.54) is 37.3 Å². The van der Waals surface area contributed by atoms with Gasteiger partial charge in [0.15, 0.2) is 5.78 Å². The summed E-state index contributed by atoms with van der Waals surface area (Å²) in [4.78, 5) is 28.0. The maximum atomic E-state index is 13.7. The average molecular weight is 469 g/mol. The fraction of sp³-hybridized carbons (Fsp3) is 0.0952. The van der Waals surface area contributed by atoms with Crippen LogP contribution < -0.4 is 14.8 Å². The summed E-state index contributed by atoms with van der Waals surface area (Å²) in [5, 5.41) is 2.71. The number of pyridine rings is 1. The van der Waals surface area contributed by atoms with Crippen LogP contribution in [-0.2, 0) is 0 Å². The Labute approximate surface area is 183 Å². The quantitative estimate of drug-likeness (QED) is 0.353. The van der Waals surface area contributed by atoms with Gasteiger partial charge in [-0.15, -0.1) is 13.2 Å². The second kappa shape index (κ2) is 9.23. The molecule has 32 heavy (non-hydrogen) atoms. The van der Waals surface area contributed by atoms with Crippen molar-refractivity contribution in [1.29, 1.82) is 0 Å². The molecule has 0 unspecified atom stereocenters. The predicted octanol–water partition coefficient (Wildman–Crippen LogP) is 6.02. The molecule has 166 valence electrons. The number of carbonyl (C=O) groups is 2. The number of hydrogen-bond acceptors (Lipinski definition) is 5. The molecular formula is C21H13ClF4N2O4. The molecule has 1 N–H and O–H groups in total. The highest BCUT2D eigenvalue weighted by atomic mass is 35.5. The van der Waals surface area contributed by atoms with Crippen LogP contribution >= 0.6 is 11.6 Å². The smallest absolute Gasteiger partial charge is 0.438 e. The van der Waals surface area contributed by atoms with E-state index in [1.807, 2.05) is 0 Å². The summed E-state index contributed by atoms with van der Waals surface area (Å²) in [7, 11) is 0. The lowest BCUT2D eigenvalue weighted by Gasteiger charge is -2.13. The number of nitrogens with zero attached hydrogens (tertiary/aromatic N) is 1. The molecule has 6 nitrogen and oxygen atoms in total. The van der Waals surface area contributed by atoms with Gasteiger partial charge >= 0.3 is 6.36 Å². The van der Waals surface area contributed by atoms with Gasteiger partial charge in [0, 0.05) is 16.8 Å². The zero-order chi connectivity index (χ0) is 23.5. The maximum absolute atomic E-state index is 13.7. The van der Waals surface area contributed by atoms with Crippen LogP contribution in [0.1, 0.15) is 27.6 Å². The number of aromatic nitrogens is 1. The van der Waals surface area contributed by atoms with Crippen LogP contribution in [0.2, 0.25) is 5.02 Å². The van der Waals surface area contributed by atoms with Crippen molar-refractivity contribution in [2.24, 2.45) is 0 Å². The number of carbonyl (C=O) groups excluding carboxylic acids is 2. The molecule has 1 aromatic heterocycles. The fourth-order valence-electron chi connectivity index (χ4n) is 2.57. The monoisotopic (exact) mass is 468 g/mol. The lowest BCUT2D eigenvalue weighted by Crippen LogP contribution is -2.17. The van der Waals surface area contributed by atoms with Gasteiger partial charge in [-0.25, -0.2) is 9.37 Å². The molecular weight excluding hydrogens is 456 g/mol. The SMILES string of the molecule is CC(=O)c1cc(NC(=O)c2cc(Cl)ccc2Oc2ccc(OC(F)(F)F)cn2)ccc1F. The second-order valence-corrected chi connectivity index (χ2v) is 6.76. The topological polar surface area (TPSA) is 77.5 Å². The summed E-state index contributed by atoms with van der Waals surface area (Å²) >= 11 is 5.97. The van der Waals surface area contributed by atoms with Crippen molar-refractivity contribution in [3.63, 3.8) is 0 Å². The Balaban J connectivity index is 1.83. The minimum absolute atomic E-state index is 0.00204. The van der Waals surface area contributed by atoms with Crippen molar-refractivity contribution in [3.8, 4) is 17.4 Å². The molecule has 0 aliphatic heterocycles. The molecule has 0 bridgehead atoms. The van der Waals surface area contributed by atoms with Crippen LogP contribution in [-0.4, -0.2) is 23.0 Å². The Morgan fingerprint density at radius 3 is 2.41 bits per heavy atom. The summed E-state index contributed by atoms with van der Waals surface area (Å²) < 4.78 is 59.7. The predicted molar refractivity (Wildman–Crippen MR) is 107 cm³/mol. The molecule has 0 spiro atoms. The van der Waals surface area contributed by atoms with Crippen LogP contribution in [0.25, 0.3) is 0 Å². The minimum atomic E-state index is -4.87. The molecule has 3 rings (SSSR count). The molecule has 0 saturated heterocycles. The molecule has 0 saturated carbocycles. The lowest BCUT2D eigenvalue weighted by molar-refractivity contribution is -0.274. The first-order valence-electron chi connectivity index (χ1n) is 8.83. The highest BCUT2D eigenvalue weighted by Crippen LogP contribution is 2.30. The van der Waals surface area contributed by atoms with E-state index in [9.17, 15) is 27.2 Å². The largest absolute Gasteiger partial charge is 0.573 e. The Morgan fingerprint density at radius 1 is 1.03 bits per heavy atom. The molecule has 0 radical (unpaired) electrons. The lowest BCUT2D eigenvalue weighted by atomic mass is 10.1. The Hall–Kier alpha value is -3.66. The summed E-state index contributed by atoms with van der Waals surface area (Å²) in [6, 6.07) is 9.70. The van der Waals surface area contributed by atoms with Gasteiger partial charge in [-0.1, -0.05) is 11.6 Å². The normalized spacial score (nSPS) is 11.1. The van der Waals surface area contributed by atoms with Crippen LogP contribution in [0.5, 0.6) is 17.4 Å². The van der Waals surface area contributed by atoms with Crippen molar-refractivity contribution in [2.75, 3.05) is 5.32 Å². The van der Waals surface area contributed by atoms with Crippen LogP contribution in [0, 0.1) is 5.82 Å². The number of amides is 1. The number of ether oxygens (including phenoxy) is 2. The first-order valence-corrected chi connectivity index (χ1v) is 9.20. The Bertz CT molecular complexity index is 1170. The van der Waals surface area contributed by atoms with Gasteiger partial charge in [-0.2, -0.15) is 0 Å². The van der Waals surface area contributed by atoms with Gasteiger partial charge in [0.25, 0.3) is 5.91 Å². The number of hydrogen-bond donors (Lipinski definition) is 1. The third-order valence-electron chi connectivity index (χ3n) is 3.95. The molecule has 1 heterocycles. The summed E-state index contributed by atoms with van der Waals surface area (Å²) in [5.74, 6) is -2.60. The number of rotatable bonds is 6. The number of halogens is 5. The van der Waals surface area contributed by atoms with Crippen molar-refractivity contribution in [3.05, 3.63) is 76.7 Å². The molecule has 1 amide bonds. The van der Waals surface area contributed by atoms with E-state index >= 15 is 0 Å². The van der Waals surface area contributed by atoms with Gasteiger partial charge in [0.2, 0.25) is 5.88 Å². The minimum Gasteiger partial charge on any atom is -0.438 e. The summed E-state index contributed by atoms with van der Waals surface area (Å²) in [5.41, 5.74) is -0.0846. The Kier molecular flexibility index (Phi) is 6.64. The first kappa shape index (κ1) is 23.0. The number of Topliss-reactive ketones (excluding diaryl/α,β-unsaturated/α-hetero) is 1. The van der Waals surface area contributed by atoms with E-state index in [2.05, 4.69) is 15.0 Å². The molecule has 0 fully saturated rings. The number of benzene rings is 2. The standard InChI is InChI=1S/C21H13ClF4N2O4/c1-11(29)15-9-13(3-5-17(15)23)28-20(30)16-8-12(22)2-6-18(16)31-19-7-4-14(10-27-19)32-21(24,25)26/h2-10H,1H3,(H,28,30). The van der Waals surface area contributed by atoms with Gasteiger partial charge in [0.05, 0.1) is 17.3 Å². The summed E-state index contributed by atoms with van der Waals surface area (Å²) in [6.45, 7) is 1.19. The highest BCUT2D eigenvalue weighted by Gasteiger charge is 2.31. The van der Waals surface area contributed by atoms with Gasteiger partial charge in [-0.05, 0) is 49.4 Å². The van der Waals surface area contributed by atoms with Crippen molar-refractivity contribution in [2.45, 2.75) is 13.3 Å². The van der Waals surface area contributed by atoms with Crippen LogP contribution in [0.15, 0.2) is 54.7 Å². The average Bonchev–Trinajstić information content (AvgIpc) is 2.71. The third-order valence-corrected chi connectivity index (χ3v) is 4.18. The van der Waals surface area contributed by atoms with Gasteiger partial charge < -0.3 is 14.8 Å². The van der Waals surface area contributed by atoms with Crippen LogP contribution in [0.4, 0.5) is 23.2 Å². The van der Waals surface area contributed by atoms with E-state index in [4.69, 9.17) is 16.3 Å². The molecule has 3 aromatic rings. The zero-order valence-electron chi connectivity index (χ0n) is 16.2. The molecule has 11 heteroatoms. The van der Waals surface area contributed by atoms with E-state index < -0.39 is 29.6 Å². The molecule has 0 atom stereocenters. The maximum Gasteiger partial charge on any atom is 0.573 e. The van der Waals surface area contributed by atoms with E-state index in [1.54, 1.807) is 0 Å². The van der Waals surface area contributed by atoms with E-state index in [-0.39, 0.29) is 33.5 Å². The second-order valence-electron chi connectivity index (χ2n) is 6.33. The third kappa shape index (κ3) is 5.94. The van der Waals surface area contributed by atoms with Gasteiger partial charge in [0.1, 0.15) is 17.3 Å². The molecule has 0 aliphatic carbocycles. The molecule has 0 aliphatic rings. The number of nitrogens with one attached hydrogen (secondary N) is 1. The molecule has 2 aromatic carbocycles. The van der Waals surface area contributed by atoms with Crippen molar-refractivity contribution in [1.82, 2.24) is 4.98 Å². The first-order chi connectivity index (χ1) is 15.0. The number of ketones is 1. The zero-order valence-corrected chi connectivity index (χ0v) is 16.9.